The minimum atomic E-state index is -3.68. The lowest BCUT2D eigenvalue weighted by atomic mass is 9.88. The zero-order chi connectivity index (χ0) is 21.4. The van der Waals surface area contributed by atoms with Gasteiger partial charge in [0.05, 0.1) is 5.75 Å². The zero-order valence-corrected chi connectivity index (χ0v) is 21.5. The fraction of sp³-hybridized carbons (Fsp3) is 0.682. The summed E-state index contributed by atoms with van der Waals surface area (Å²) in [6.07, 6.45) is 9.04. The van der Waals surface area contributed by atoms with Crippen molar-refractivity contribution in [2.24, 2.45) is 10.9 Å². The average molecular weight is 567 g/mol. The molecule has 2 fully saturated rings. The molecule has 0 atom stereocenters. The van der Waals surface area contributed by atoms with E-state index in [-0.39, 0.29) is 41.2 Å². The molecule has 1 saturated carbocycles. The molecule has 2 aliphatic rings. The van der Waals surface area contributed by atoms with Gasteiger partial charge in [0.15, 0.2) is 15.8 Å². The molecule has 1 saturated heterocycles. The van der Waals surface area contributed by atoms with Gasteiger partial charge in [-0.05, 0) is 43.7 Å². The maximum atomic E-state index is 13.8. The maximum absolute atomic E-state index is 13.8. The molecule has 6 nitrogen and oxygen atoms in total. The van der Waals surface area contributed by atoms with Crippen LogP contribution >= 0.6 is 24.0 Å². The van der Waals surface area contributed by atoms with Crippen LogP contribution in [0, 0.1) is 11.7 Å². The molecule has 0 radical (unpaired) electrons. The zero-order valence-electron chi connectivity index (χ0n) is 18.4. The Hall–Kier alpha value is -0.940. The number of sulfone groups is 1. The SMILES string of the molecule is CN=C(NCCS(=O)(=O)c1ccccc1F)NC1CCN(CC2CCCCC2)CC1.I. The van der Waals surface area contributed by atoms with Gasteiger partial charge in [0.25, 0.3) is 0 Å². The third-order valence-electron chi connectivity index (χ3n) is 6.23. The van der Waals surface area contributed by atoms with Gasteiger partial charge in [-0.15, -0.1) is 24.0 Å². The van der Waals surface area contributed by atoms with Gasteiger partial charge in [-0.25, -0.2) is 12.8 Å². The van der Waals surface area contributed by atoms with Gasteiger partial charge in [-0.1, -0.05) is 31.4 Å². The summed E-state index contributed by atoms with van der Waals surface area (Å²) >= 11 is 0. The number of likely N-dealkylation sites (tertiary alicyclic amines) is 1. The number of nitrogens with one attached hydrogen (secondary N) is 2. The van der Waals surface area contributed by atoms with Gasteiger partial charge in [0, 0.05) is 39.3 Å². The summed E-state index contributed by atoms with van der Waals surface area (Å²) in [5.41, 5.74) is 0. The van der Waals surface area contributed by atoms with Crippen LogP contribution < -0.4 is 10.6 Å². The smallest absolute Gasteiger partial charge is 0.191 e. The molecule has 176 valence electrons. The van der Waals surface area contributed by atoms with E-state index in [1.54, 1.807) is 7.05 Å². The molecule has 0 aromatic heterocycles. The molecule has 1 aliphatic heterocycles. The first kappa shape index (κ1) is 26.3. The number of halogens is 2. The van der Waals surface area contributed by atoms with Crippen LogP contribution in [0.25, 0.3) is 0 Å². The van der Waals surface area contributed by atoms with E-state index in [0.717, 1.165) is 31.8 Å². The fourth-order valence-electron chi connectivity index (χ4n) is 4.49. The van der Waals surface area contributed by atoms with Gasteiger partial charge in [0.1, 0.15) is 10.7 Å². The monoisotopic (exact) mass is 566 g/mol. The van der Waals surface area contributed by atoms with Crippen molar-refractivity contribution in [2.45, 2.75) is 55.9 Å². The molecule has 0 amide bonds. The standard InChI is InChI=1S/C22H35FN4O2S.HI/c1-24-22(25-13-16-30(28,29)21-10-6-5-9-20(21)23)26-19-11-14-27(15-12-19)17-18-7-3-2-4-8-18;/h5-6,9-10,18-19H,2-4,7-8,11-17H2,1H3,(H2,24,25,26);1H. The number of rotatable bonds is 7. The number of guanidine groups is 1. The Morgan fingerprint density at radius 3 is 2.45 bits per heavy atom. The minimum Gasteiger partial charge on any atom is -0.355 e. The Balaban J connectivity index is 0.00000341. The molecule has 1 heterocycles. The first-order valence-electron chi connectivity index (χ1n) is 11.1. The first-order chi connectivity index (χ1) is 14.5. The molecule has 1 aliphatic carbocycles. The molecule has 1 aromatic rings. The third kappa shape index (κ3) is 8.16. The Labute approximate surface area is 203 Å². The lowest BCUT2D eigenvalue weighted by Crippen LogP contribution is -2.49. The molecular weight excluding hydrogens is 530 g/mol. The Bertz CT molecular complexity index is 807. The molecule has 9 heteroatoms. The lowest BCUT2D eigenvalue weighted by molar-refractivity contribution is 0.160. The first-order valence-corrected chi connectivity index (χ1v) is 12.8. The van der Waals surface area contributed by atoms with E-state index in [2.05, 4.69) is 20.5 Å². The van der Waals surface area contributed by atoms with Crippen LogP contribution in [0.5, 0.6) is 0 Å². The predicted octanol–water partition coefficient (Wildman–Crippen LogP) is 3.43. The van der Waals surface area contributed by atoms with Gasteiger partial charge < -0.3 is 15.5 Å². The van der Waals surface area contributed by atoms with E-state index in [4.69, 9.17) is 0 Å². The number of benzene rings is 1. The molecule has 1 aromatic carbocycles. The second-order valence-corrected chi connectivity index (χ2v) is 10.5. The lowest BCUT2D eigenvalue weighted by Gasteiger charge is -2.36. The van der Waals surface area contributed by atoms with Crippen LogP contribution in [0.2, 0.25) is 0 Å². The molecule has 31 heavy (non-hydrogen) atoms. The third-order valence-corrected chi connectivity index (χ3v) is 7.97. The second kappa shape index (κ2) is 12.9. The van der Waals surface area contributed by atoms with Gasteiger partial charge in [0.2, 0.25) is 0 Å². The van der Waals surface area contributed by atoms with Crippen molar-refractivity contribution >= 4 is 39.8 Å². The van der Waals surface area contributed by atoms with E-state index in [1.807, 2.05) is 0 Å². The van der Waals surface area contributed by atoms with Crippen molar-refractivity contribution < 1.29 is 12.8 Å². The number of piperidine rings is 1. The Morgan fingerprint density at radius 2 is 1.81 bits per heavy atom. The van der Waals surface area contributed by atoms with Crippen molar-refractivity contribution in [1.29, 1.82) is 0 Å². The van der Waals surface area contributed by atoms with Crippen LogP contribution in [0.3, 0.4) is 0 Å². The summed E-state index contributed by atoms with van der Waals surface area (Å²) in [4.78, 5) is 6.56. The Morgan fingerprint density at radius 1 is 1.13 bits per heavy atom. The van der Waals surface area contributed by atoms with Crippen LogP contribution in [0.15, 0.2) is 34.2 Å². The van der Waals surface area contributed by atoms with Crippen LogP contribution in [0.4, 0.5) is 4.39 Å². The van der Waals surface area contributed by atoms with Gasteiger partial charge >= 0.3 is 0 Å². The van der Waals surface area contributed by atoms with Crippen molar-refractivity contribution in [1.82, 2.24) is 15.5 Å². The fourth-order valence-corrected chi connectivity index (χ4v) is 5.74. The van der Waals surface area contributed by atoms with Crippen LogP contribution in [-0.2, 0) is 9.84 Å². The normalized spacial score (nSPS) is 19.6. The van der Waals surface area contributed by atoms with Crippen LogP contribution in [-0.4, -0.2) is 64.3 Å². The summed E-state index contributed by atoms with van der Waals surface area (Å²) in [6.45, 7) is 3.59. The van der Waals surface area contributed by atoms with Gasteiger partial charge in [-0.2, -0.15) is 0 Å². The Kier molecular flexibility index (Phi) is 11.0. The number of nitrogens with zero attached hydrogens (tertiary/aromatic N) is 2. The molecule has 2 N–H and O–H groups in total. The second-order valence-electron chi connectivity index (χ2n) is 8.47. The highest BCUT2D eigenvalue weighted by molar-refractivity contribution is 14.0. The van der Waals surface area contributed by atoms with Gasteiger partial charge in [-0.3, -0.25) is 4.99 Å². The largest absolute Gasteiger partial charge is 0.355 e. The maximum Gasteiger partial charge on any atom is 0.191 e. The molecular formula is C22H36FIN4O2S. The molecule has 3 rings (SSSR count). The summed E-state index contributed by atoms with van der Waals surface area (Å²) in [7, 11) is -2.00. The van der Waals surface area contributed by atoms with Crippen molar-refractivity contribution in [2.75, 3.05) is 39.0 Å². The highest BCUT2D eigenvalue weighted by atomic mass is 127. The summed E-state index contributed by atoms with van der Waals surface area (Å²) < 4.78 is 38.5. The molecule has 0 bridgehead atoms. The molecule has 0 unspecified atom stereocenters. The number of hydrogen-bond acceptors (Lipinski definition) is 4. The summed E-state index contributed by atoms with van der Waals surface area (Å²) in [6, 6.07) is 5.82. The van der Waals surface area contributed by atoms with E-state index < -0.39 is 15.7 Å². The molecule has 0 spiro atoms. The summed E-state index contributed by atoms with van der Waals surface area (Å²) in [5.74, 6) is 0.577. The van der Waals surface area contributed by atoms with E-state index in [0.29, 0.717) is 12.0 Å². The topological polar surface area (TPSA) is 73.8 Å². The highest BCUT2D eigenvalue weighted by Crippen LogP contribution is 2.25. The van der Waals surface area contributed by atoms with E-state index in [9.17, 15) is 12.8 Å². The average Bonchev–Trinajstić information content (AvgIpc) is 2.75. The van der Waals surface area contributed by atoms with E-state index in [1.165, 1.54) is 62.9 Å². The van der Waals surface area contributed by atoms with Crippen molar-refractivity contribution in [3.05, 3.63) is 30.1 Å². The summed E-state index contributed by atoms with van der Waals surface area (Å²) in [5, 5.41) is 6.47. The quantitative estimate of drug-likeness (QED) is 0.301. The minimum absolute atomic E-state index is 0. The number of aliphatic imine (C=N–C) groups is 1. The number of hydrogen-bond donors (Lipinski definition) is 2. The predicted molar refractivity (Wildman–Crippen MR) is 134 cm³/mol. The van der Waals surface area contributed by atoms with Crippen molar-refractivity contribution in [3.63, 3.8) is 0 Å². The van der Waals surface area contributed by atoms with Crippen molar-refractivity contribution in [3.8, 4) is 0 Å². The van der Waals surface area contributed by atoms with E-state index >= 15 is 0 Å². The van der Waals surface area contributed by atoms with Crippen LogP contribution in [0.1, 0.15) is 44.9 Å². The highest BCUT2D eigenvalue weighted by Gasteiger charge is 2.23.